The van der Waals surface area contributed by atoms with E-state index in [1.54, 1.807) is 0 Å². The highest BCUT2D eigenvalue weighted by atomic mass is 79.9. The molecular formula is C13H14BrN3O2. The van der Waals surface area contributed by atoms with Gasteiger partial charge in [0.15, 0.2) is 0 Å². The fraction of sp³-hybridized carbons (Fsp3) is 0.385. The molecule has 0 saturated heterocycles. The Hall–Kier alpha value is -1.40. The summed E-state index contributed by atoms with van der Waals surface area (Å²) < 4.78 is 11.7. The van der Waals surface area contributed by atoms with Gasteiger partial charge in [-0.3, -0.25) is 0 Å². The Labute approximate surface area is 119 Å². The van der Waals surface area contributed by atoms with E-state index in [0.29, 0.717) is 17.6 Å². The molecule has 0 unspecified atom stereocenters. The van der Waals surface area contributed by atoms with Gasteiger partial charge in [0.1, 0.15) is 5.75 Å². The Bertz CT molecular complexity index is 581. The van der Waals surface area contributed by atoms with Crippen molar-refractivity contribution in [1.29, 1.82) is 0 Å². The predicted molar refractivity (Wildman–Crippen MR) is 73.5 cm³/mol. The smallest absolute Gasteiger partial charge is 0.240 e. The highest BCUT2D eigenvalue weighted by Gasteiger charge is 2.22. The van der Waals surface area contributed by atoms with Crippen LogP contribution in [0.25, 0.3) is 11.4 Å². The minimum absolute atomic E-state index is 0.245. The lowest BCUT2D eigenvalue weighted by atomic mass is 10.2. The van der Waals surface area contributed by atoms with Crippen molar-refractivity contribution < 1.29 is 9.26 Å². The quantitative estimate of drug-likeness (QED) is 0.915. The first kappa shape index (κ1) is 12.6. The molecule has 0 aliphatic heterocycles. The molecule has 1 aliphatic rings. The Morgan fingerprint density at radius 1 is 1.42 bits per heavy atom. The molecule has 1 aromatic heterocycles. The zero-order valence-electron chi connectivity index (χ0n) is 10.3. The molecule has 1 saturated carbocycles. The third-order valence-electron chi connectivity index (χ3n) is 3.00. The van der Waals surface area contributed by atoms with Crippen molar-refractivity contribution in [3.63, 3.8) is 0 Å². The minimum Gasteiger partial charge on any atom is -0.492 e. The number of nitrogens with zero attached hydrogens (tertiary/aromatic N) is 2. The molecule has 0 radical (unpaired) electrons. The van der Waals surface area contributed by atoms with Crippen LogP contribution in [-0.4, -0.2) is 16.7 Å². The lowest BCUT2D eigenvalue weighted by molar-refractivity contribution is 0.298. The number of hydrogen-bond acceptors (Lipinski definition) is 5. The number of rotatable bonds is 5. The molecule has 5 nitrogen and oxygen atoms in total. The van der Waals surface area contributed by atoms with Crippen molar-refractivity contribution in [2.45, 2.75) is 19.4 Å². The molecule has 0 amide bonds. The first-order valence-electron chi connectivity index (χ1n) is 6.21. The van der Waals surface area contributed by atoms with Gasteiger partial charge < -0.3 is 15.0 Å². The molecule has 0 bridgehead atoms. The summed E-state index contributed by atoms with van der Waals surface area (Å²) in [4.78, 5) is 4.20. The summed E-state index contributed by atoms with van der Waals surface area (Å²) >= 11 is 3.48. The molecule has 0 spiro atoms. The molecule has 1 aromatic carbocycles. The molecule has 1 fully saturated rings. The van der Waals surface area contributed by atoms with E-state index < -0.39 is 0 Å². The largest absolute Gasteiger partial charge is 0.492 e. The summed E-state index contributed by atoms with van der Waals surface area (Å²) in [5.74, 6) is 2.48. The molecule has 100 valence electrons. The van der Waals surface area contributed by atoms with Crippen LogP contribution in [-0.2, 0) is 6.54 Å². The first-order chi connectivity index (χ1) is 9.26. The first-order valence-corrected chi connectivity index (χ1v) is 7.01. The van der Waals surface area contributed by atoms with Crippen LogP contribution >= 0.6 is 15.9 Å². The molecular weight excluding hydrogens is 310 g/mol. The van der Waals surface area contributed by atoms with Crippen molar-refractivity contribution in [2.24, 2.45) is 11.7 Å². The second-order valence-corrected chi connectivity index (χ2v) is 5.47. The number of halogens is 1. The van der Waals surface area contributed by atoms with Crippen LogP contribution in [0.15, 0.2) is 27.2 Å². The predicted octanol–water partition coefficient (Wildman–Crippen LogP) is 2.75. The van der Waals surface area contributed by atoms with Gasteiger partial charge in [-0.2, -0.15) is 4.98 Å². The van der Waals surface area contributed by atoms with Crippen molar-refractivity contribution in [1.82, 2.24) is 10.1 Å². The summed E-state index contributed by atoms with van der Waals surface area (Å²) in [7, 11) is 0. The van der Waals surface area contributed by atoms with Gasteiger partial charge in [0.05, 0.1) is 17.6 Å². The summed E-state index contributed by atoms with van der Waals surface area (Å²) in [6, 6.07) is 5.76. The third kappa shape index (κ3) is 2.96. The van der Waals surface area contributed by atoms with Crippen LogP contribution in [0.3, 0.4) is 0 Å². The van der Waals surface area contributed by atoms with E-state index in [-0.39, 0.29) is 6.54 Å². The molecule has 1 aliphatic carbocycles. The molecule has 19 heavy (non-hydrogen) atoms. The van der Waals surface area contributed by atoms with Crippen LogP contribution in [0.4, 0.5) is 0 Å². The van der Waals surface area contributed by atoms with Crippen LogP contribution in [0, 0.1) is 5.92 Å². The van der Waals surface area contributed by atoms with E-state index in [4.69, 9.17) is 15.0 Å². The van der Waals surface area contributed by atoms with Gasteiger partial charge in [0, 0.05) is 5.56 Å². The van der Waals surface area contributed by atoms with Gasteiger partial charge in [0.2, 0.25) is 11.7 Å². The van der Waals surface area contributed by atoms with Gasteiger partial charge in [-0.25, -0.2) is 0 Å². The molecule has 0 atom stereocenters. The highest BCUT2D eigenvalue weighted by molar-refractivity contribution is 9.10. The Morgan fingerprint density at radius 3 is 2.95 bits per heavy atom. The Balaban J connectivity index is 1.82. The number of hydrogen-bond donors (Lipinski definition) is 1. The zero-order chi connectivity index (χ0) is 13.2. The van der Waals surface area contributed by atoms with Crippen molar-refractivity contribution in [2.75, 3.05) is 6.61 Å². The van der Waals surface area contributed by atoms with Crippen LogP contribution < -0.4 is 10.5 Å². The average Bonchev–Trinajstić information content (AvgIpc) is 3.13. The van der Waals surface area contributed by atoms with E-state index in [1.165, 1.54) is 12.8 Å². The second-order valence-electron chi connectivity index (χ2n) is 4.62. The summed E-state index contributed by atoms with van der Waals surface area (Å²) in [5, 5.41) is 3.90. The molecule has 2 aromatic rings. The highest BCUT2D eigenvalue weighted by Crippen LogP contribution is 2.33. The number of benzene rings is 1. The Kier molecular flexibility index (Phi) is 3.52. The van der Waals surface area contributed by atoms with Crippen molar-refractivity contribution in [3.05, 3.63) is 28.6 Å². The third-order valence-corrected chi connectivity index (χ3v) is 3.66. The van der Waals surface area contributed by atoms with Crippen LogP contribution in [0.1, 0.15) is 18.7 Å². The van der Waals surface area contributed by atoms with Crippen LogP contribution in [0.5, 0.6) is 5.75 Å². The van der Waals surface area contributed by atoms with Crippen molar-refractivity contribution >= 4 is 15.9 Å². The fourth-order valence-electron chi connectivity index (χ4n) is 1.70. The lowest BCUT2D eigenvalue weighted by Gasteiger charge is -2.08. The maximum atomic E-state index is 5.80. The van der Waals surface area contributed by atoms with E-state index in [1.807, 2.05) is 18.2 Å². The number of nitrogens with two attached hydrogens (primary N) is 1. The monoisotopic (exact) mass is 323 g/mol. The Morgan fingerprint density at radius 2 is 2.26 bits per heavy atom. The number of aromatic nitrogens is 2. The van der Waals surface area contributed by atoms with Gasteiger partial charge in [-0.15, -0.1) is 0 Å². The molecule has 2 N–H and O–H groups in total. The molecule has 3 rings (SSSR count). The van der Waals surface area contributed by atoms with Gasteiger partial charge in [0.25, 0.3) is 0 Å². The van der Waals surface area contributed by atoms with Gasteiger partial charge >= 0.3 is 0 Å². The van der Waals surface area contributed by atoms with Crippen LogP contribution in [0.2, 0.25) is 0 Å². The molecule has 1 heterocycles. The lowest BCUT2D eigenvalue weighted by Crippen LogP contribution is -2.00. The van der Waals surface area contributed by atoms with Gasteiger partial charge in [-0.05, 0) is 52.9 Å². The maximum Gasteiger partial charge on any atom is 0.240 e. The molecule has 6 heteroatoms. The summed E-state index contributed by atoms with van der Waals surface area (Å²) in [6.07, 6.45) is 2.53. The van der Waals surface area contributed by atoms with E-state index in [9.17, 15) is 0 Å². The zero-order valence-corrected chi connectivity index (χ0v) is 11.9. The normalized spacial score (nSPS) is 14.6. The number of ether oxygens (including phenoxy) is 1. The summed E-state index contributed by atoms with van der Waals surface area (Å²) in [6.45, 7) is 1.01. The average molecular weight is 324 g/mol. The maximum absolute atomic E-state index is 5.80. The second kappa shape index (κ2) is 5.30. The van der Waals surface area contributed by atoms with E-state index in [0.717, 1.165) is 22.4 Å². The fourth-order valence-corrected chi connectivity index (χ4v) is 2.06. The van der Waals surface area contributed by atoms with E-state index >= 15 is 0 Å². The minimum atomic E-state index is 0.245. The topological polar surface area (TPSA) is 74.2 Å². The van der Waals surface area contributed by atoms with Crippen molar-refractivity contribution in [3.8, 4) is 17.1 Å². The standard InChI is InChI=1S/C13H14BrN3O2/c14-10-4-3-9(13-16-12(6-15)19-17-13)5-11(10)18-7-8-1-2-8/h3-5,8H,1-2,6-7,15H2. The van der Waals surface area contributed by atoms with E-state index in [2.05, 4.69) is 26.1 Å². The summed E-state index contributed by atoms with van der Waals surface area (Å²) in [5.41, 5.74) is 6.31. The van der Waals surface area contributed by atoms with Gasteiger partial charge in [-0.1, -0.05) is 5.16 Å². The SMILES string of the molecule is NCc1nc(-c2ccc(Br)c(OCC3CC3)c2)no1.